The average molecular weight is 335 g/mol. The predicted molar refractivity (Wildman–Crippen MR) is 88.4 cm³/mol. The molecule has 3 aromatic rings. The molecule has 22 heavy (non-hydrogen) atoms. The number of anilines is 1. The van der Waals surface area contributed by atoms with Crippen LogP contribution in [0.3, 0.4) is 0 Å². The Morgan fingerprint density at radius 1 is 1.18 bits per heavy atom. The summed E-state index contributed by atoms with van der Waals surface area (Å²) in [5.41, 5.74) is 2.42. The quantitative estimate of drug-likeness (QED) is 0.672. The molecule has 0 aliphatic rings. The van der Waals surface area contributed by atoms with Crippen molar-refractivity contribution >= 4 is 45.8 Å². The molecule has 0 saturated heterocycles. The van der Waals surface area contributed by atoms with Gasteiger partial charge in [-0.25, -0.2) is 4.79 Å². The summed E-state index contributed by atoms with van der Waals surface area (Å²) in [6.07, 6.45) is 1.67. The summed E-state index contributed by atoms with van der Waals surface area (Å²) >= 11 is 11.8. The van der Waals surface area contributed by atoms with E-state index in [1.54, 1.807) is 18.3 Å². The van der Waals surface area contributed by atoms with Crippen LogP contribution in [0.1, 0.15) is 5.56 Å². The highest BCUT2D eigenvalue weighted by molar-refractivity contribution is 6.42. The van der Waals surface area contributed by atoms with E-state index in [2.05, 4.69) is 20.8 Å². The number of aromatic nitrogens is 2. The monoisotopic (exact) mass is 334 g/mol. The summed E-state index contributed by atoms with van der Waals surface area (Å²) in [7, 11) is 0. The summed E-state index contributed by atoms with van der Waals surface area (Å²) < 4.78 is 0. The Bertz CT molecular complexity index is 831. The number of aromatic amines is 1. The van der Waals surface area contributed by atoms with Crippen LogP contribution in [0.25, 0.3) is 10.9 Å². The molecule has 7 heteroatoms. The molecular formula is C15H12Cl2N4O. The normalized spacial score (nSPS) is 10.6. The number of fused-ring (bicyclic) bond motifs is 1. The molecule has 0 aliphatic heterocycles. The first kappa shape index (κ1) is 14.7. The van der Waals surface area contributed by atoms with E-state index in [4.69, 9.17) is 23.2 Å². The molecule has 1 heterocycles. The molecule has 0 aliphatic carbocycles. The molecule has 2 aromatic carbocycles. The van der Waals surface area contributed by atoms with E-state index >= 15 is 0 Å². The molecule has 5 nitrogen and oxygen atoms in total. The van der Waals surface area contributed by atoms with Gasteiger partial charge in [-0.2, -0.15) is 5.10 Å². The number of rotatable bonds is 3. The molecule has 0 saturated carbocycles. The summed E-state index contributed by atoms with van der Waals surface area (Å²) in [6.45, 7) is 0.351. The van der Waals surface area contributed by atoms with Gasteiger partial charge in [0.15, 0.2) is 0 Å². The first-order valence-corrected chi connectivity index (χ1v) is 7.30. The van der Waals surface area contributed by atoms with E-state index in [0.717, 1.165) is 16.5 Å². The number of nitrogens with zero attached hydrogens (tertiary/aromatic N) is 1. The standard InChI is InChI=1S/C15H12Cl2N4O/c16-11-5-4-9(6-12(11)17)7-18-15(22)20-13-2-1-3-14-10(13)8-19-21-14/h1-6,8H,7H2,(H,19,21)(H2,18,20,22). The third-order valence-corrected chi connectivity index (χ3v) is 3.91. The van der Waals surface area contributed by atoms with Gasteiger partial charge in [-0.05, 0) is 29.8 Å². The fourth-order valence-corrected chi connectivity index (χ4v) is 2.40. The fourth-order valence-electron chi connectivity index (χ4n) is 2.08. The molecule has 3 N–H and O–H groups in total. The lowest BCUT2D eigenvalue weighted by Gasteiger charge is -2.09. The maximum atomic E-state index is 12.0. The Morgan fingerprint density at radius 3 is 2.86 bits per heavy atom. The smallest absolute Gasteiger partial charge is 0.319 e. The molecule has 2 amide bonds. The molecule has 0 bridgehead atoms. The highest BCUT2D eigenvalue weighted by Crippen LogP contribution is 2.23. The van der Waals surface area contributed by atoms with Crippen LogP contribution in [0, 0.1) is 0 Å². The first-order chi connectivity index (χ1) is 10.6. The molecule has 3 rings (SSSR count). The van der Waals surface area contributed by atoms with Gasteiger partial charge in [0.05, 0.1) is 27.4 Å². The zero-order valence-corrected chi connectivity index (χ0v) is 12.9. The lowest BCUT2D eigenvalue weighted by molar-refractivity contribution is 0.252. The molecule has 0 unspecified atom stereocenters. The van der Waals surface area contributed by atoms with Gasteiger partial charge in [-0.1, -0.05) is 35.3 Å². The number of carbonyl (C=O) groups excluding carboxylic acids is 1. The van der Waals surface area contributed by atoms with Gasteiger partial charge in [0.2, 0.25) is 0 Å². The third kappa shape index (κ3) is 3.16. The van der Waals surface area contributed by atoms with Crippen molar-refractivity contribution in [1.82, 2.24) is 15.5 Å². The molecule has 0 fully saturated rings. The summed E-state index contributed by atoms with van der Waals surface area (Å²) in [5.74, 6) is 0. The summed E-state index contributed by atoms with van der Waals surface area (Å²) in [4.78, 5) is 12.0. The Hall–Kier alpha value is -2.24. The van der Waals surface area contributed by atoms with Crippen LogP contribution in [0.4, 0.5) is 10.5 Å². The van der Waals surface area contributed by atoms with E-state index < -0.39 is 0 Å². The minimum Gasteiger partial charge on any atom is -0.334 e. The van der Waals surface area contributed by atoms with Gasteiger partial charge >= 0.3 is 6.03 Å². The van der Waals surface area contributed by atoms with Crippen molar-refractivity contribution in [2.45, 2.75) is 6.54 Å². The lowest BCUT2D eigenvalue weighted by atomic mass is 10.2. The van der Waals surface area contributed by atoms with Crippen LogP contribution >= 0.6 is 23.2 Å². The average Bonchev–Trinajstić information content (AvgIpc) is 2.98. The molecule has 1 aromatic heterocycles. The van der Waals surface area contributed by atoms with Gasteiger partial charge in [-0.3, -0.25) is 5.10 Å². The van der Waals surface area contributed by atoms with Crippen molar-refractivity contribution in [1.29, 1.82) is 0 Å². The van der Waals surface area contributed by atoms with Crippen LogP contribution in [-0.2, 0) is 6.54 Å². The van der Waals surface area contributed by atoms with Crippen molar-refractivity contribution < 1.29 is 4.79 Å². The number of benzene rings is 2. The predicted octanol–water partition coefficient (Wildman–Crippen LogP) is 4.19. The van der Waals surface area contributed by atoms with Crippen LogP contribution < -0.4 is 10.6 Å². The number of nitrogens with one attached hydrogen (secondary N) is 3. The number of urea groups is 1. The minimum absolute atomic E-state index is 0.306. The van der Waals surface area contributed by atoms with Crippen molar-refractivity contribution in [3.05, 3.63) is 58.2 Å². The van der Waals surface area contributed by atoms with Crippen molar-refractivity contribution in [3.63, 3.8) is 0 Å². The van der Waals surface area contributed by atoms with Crippen LogP contribution in [0.5, 0.6) is 0 Å². The van der Waals surface area contributed by atoms with E-state index in [-0.39, 0.29) is 6.03 Å². The summed E-state index contributed by atoms with van der Waals surface area (Å²) in [6, 6.07) is 10.5. The summed E-state index contributed by atoms with van der Waals surface area (Å²) in [5, 5.41) is 14.2. The Kier molecular flexibility index (Phi) is 4.18. The SMILES string of the molecule is O=C(NCc1ccc(Cl)c(Cl)c1)Nc1cccc2[nH]ncc12. The van der Waals surface area contributed by atoms with Crippen molar-refractivity contribution in [3.8, 4) is 0 Å². The Labute approximate surface area is 136 Å². The maximum absolute atomic E-state index is 12.0. The van der Waals surface area contributed by atoms with E-state index in [9.17, 15) is 4.79 Å². The number of halogens is 2. The highest BCUT2D eigenvalue weighted by Gasteiger charge is 2.07. The molecule has 0 radical (unpaired) electrons. The molecular weight excluding hydrogens is 323 g/mol. The number of H-pyrrole nitrogens is 1. The first-order valence-electron chi connectivity index (χ1n) is 6.54. The molecule has 112 valence electrons. The van der Waals surface area contributed by atoms with Crippen LogP contribution in [0.2, 0.25) is 10.0 Å². The largest absolute Gasteiger partial charge is 0.334 e. The van der Waals surface area contributed by atoms with Crippen molar-refractivity contribution in [2.24, 2.45) is 0 Å². The zero-order valence-electron chi connectivity index (χ0n) is 11.4. The van der Waals surface area contributed by atoms with E-state index in [0.29, 0.717) is 22.3 Å². The fraction of sp³-hybridized carbons (Fsp3) is 0.0667. The number of hydrogen-bond donors (Lipinski definition) is 3. The number of amides is 2. The van der Waals surface area contributed by atoms with Crippen LogP contribution in [-0.4, -0.2) is 16.2 Å². The third-order valence-electron chi connectivity index (χ3n) is 3.17. The Morgan fingerprint density at radius 2 is 2.05 bits per heavy atom. The van der Waals surface area contributed by atoms with Gasteiger partial charge in [-0.15, -0.1) is 0 Å². The van der Waals surface area contributed by atoms with Gasteiger partial charge in [0.1, 0.15) is 0 Å². The number of carbonyl (C=O) groups is 1. The second kappa shape index (κ2) is 6.25. The van der Waals surface area contributed by atoms with Gasteiger partial charge in [0, 0.05) is 11.9 Å². The molecule has 0 atom stereocenters. The van der Waals surface area contributed by atoms with Gasteiger partial charge < -0.3 is 10.6 Å². The Balaban J connectivity index is 1.65. The van der Waals surface area contributed by atoms with E-state index in [1.165, 1.54) is 0 Å². The zero-order chi connectivity index (χ0) is 15.5. The second-order valence-corrected chi connectivity index (χ2v) is 5.51. The number of hydrogen-bond acceptors (Lipinski definition) is 2. The lowest BCUT2D eigenvalue weighted by Crippen LogP contribution is -2.28. The minimum atomic E-state index is -0.306. The van der Waals surface area contributed by atoms with Crippen LogP contribution in [0.15, 0.2) is 42.6 Å². The van der Waals surface area contributed by atoms with Crippen molar-refractivity contribution in [2.75, 3.05) is 5.32 Å². The maximum Gasteiger partial charge on any atom is 0.319 e. The topological polar surface area (TPSA) is 69.8 Å². The van der Waals surface area contributed by atoms with E-state index in [1.807, 2.05) is 24.3 Å². The highest BCUT2D eigenvalue weighted by atomic mass is 35.5. The second-order valence-electron chi connectivity index (χ2n) is 4.69. The molecule has 0 spiro atoms. The van der Waals surface area contributed by atoms with Gasteiger partial charge in [0.25, 0.3) is 0 Å².